The van der Waals surface area contributed by atoms with Gasteiger partial charge in [-0.3, -0.25) is 0 Å². The number of nitrogens with zero attached hydrogens (tertiary/aromatic N) is 1. The van der Waals surface area contributed by atoms with Crippen LogP contribution in [0.25, 0.3) is 0 Å². The molecule has 0 aromatic rings. The van der Waals surface area contributed by atoms with Gasteiger partial charge in [-0.1, -0.05) is 26.7 Å². The van der Waals surface area contributed by atoms with E-state index < -0.39 is 0 Å². The van der Waals surface area contributed by atoms with E-state index in [9.17, 15) is 4.79 Å². The van der Waals surface area contributed by atoms with Crippen LogP contribution in [-0.4, -0.2) is 29.7 Å². The summed E-state index contributed by atoms with van der Waals surface area (Å²) in [5.41, 5.74) is -0.384. The van der Waals surface area contributed by atoms with E-state index in [1.54, 1.807) is 0 Å². The highest BCUT2D eigenvalue weighted by atomic mass is 16.6. The molecule has 1 heterocycles. The van der Waals surface area contributed by atoms with Crippen molar-refractivity contribution >= 4 is 6.09 Å². The molecular weight excluding hydrogens is 226 g/mol. The number of carbonyl (C=O) groups is 1. The first-order valence-corrected chi connectivity index (χ1v) is 7.33. The predicted molar refractivity (Wildman–Crippen MR) is 74.6 cm³/mol. The van der Waals surface area contributed by atoms with E-state index in [1.807, 2.05) is 25.7 Å². The zero-order valence-corrected chi connectivity index (χ0v) is 12.7. The van der Waals surface area contributed by atoms with E-state index in [0.717, 1.165) is 25.4 Å². The second-order valence-corrected chi connectivity index (χ2v) is 6.50. The maximum atomic E-state index is 11.9. The molecule has 1 rings (SSSR count). The summed E-state index contributed by atoms with van der Waals surface area (Å²) in [4.78, 5) is 13.8. The Morgan fingerprint density at radius 3 is 2.44 bits per heavy atom. The molecule has 1 atom stereocenters. The van der Waals surface area contributed by atoms with Gasteiger partial charge in [-0.05, 0) is 45.4 Å². The molecule has 106 valence electrons. The summed E-state index contributed by atoms with van der Waals surface area (Å²) in [5, 5.41) is 0. The first-order chi connectivity index (χ1) is 8.35. The summed E-state index contributed by atoms with van der Waals surface area (Å²) in [6.07, 6.45) is 4.75. The van der Waals surface area contributed by atoms with Crippen LogP contribution in [0.5, 0.6) is 0 Å². The Hall–Kier alpha value is -0.730. The Bertz CT molecular complexity index is 266. The molecule has 18 heavy (non-hydrogen) atoms. The Kier molecular flexibility index (Phi) is 5.48. The highest BCUT2D eigenvalue weighted by Crippen LogP contribution is 2.27. The van der Waals surface area contributed by atoms with Gasteiger partial charge in [0.15, 0.2) is 0 Å². The van der Waals surface area contributed by atoms with Gasteiger partial charge in [0, 0.05) is 13.1 Å². The first-order valence-electron chi connectivity index (χ1n) is 7.33. The van der Waals surface area contributed by atoms with Gasteiger partial charge in [-0.15, -0.1) is 0 Å². The molecule has 1 amide bonds. The quantitative estimate of drug-likeness (QED) is 0.758. The van der Waals surface area contributed by atoms with Crippen LogP contribution in [0.2, 0.25) is 0 Å². The number of rotatable bonds is 4. The van der Waals surface area contributed by atoms with E-state index in [-0.39, 0.29) is 11.7 Å². The number of hydrogen-bond acceptors (Lipinski definition) is 2. The zero-order valence-electron chi connectivity index (χ0n) is 12.7. The van der Waals surface area contributed by atoms with Gasteiger partial charge in [0.2, 0.25) is 0 Å². The van der Waals surface area contributed by atoms with Crippen molar-refractivity contribution in [3.8, 4) is 0 Å². The second kappa shape index (κ2) is 6.44. The molecule has 0 spiro atoms. The summed E-state index contributed by atoms with van der Waals surface area (Å²) in [6, 6.07) is 0. The summed E-state index contributed by atoms with van der Waals surface area (Å²) < 4.78 is 5.41. The van der Waals surface area contributed by atoms with E-state index >= 15 is 0 Å². The van der Waals surface area contributed by atoms with Crippen molar-refractivity contribution in [2.75, 3.05) is 13.1 Å². The van der Waals surface area contributed by atoms with Crippen molar-refractivity contribution in [2.45, 2.75) is 65.9 Å². The number of likely N-dealkylation sites (tertiary alicyclic amines) is 1. The molecule has 3 heteroatoms. The molecule has 0 radical (unpaired) electrons. The molecule has 0 aromatic carbocycles. The van der Waals surface area contributed by atoms with Gasteiger partial charge in [0.05, 0.1) is 0 Å². The standard InChI is InChI=1S/C15H29NO2/c1-6-12(7-2)10-13-8-9-16(11-13)14(17)18-15(3,4)5/h12-13H,6-11H2,1-5H3. The lowest BCUT2D eigenvalue weighted by Crippen LogP contribution is -2.35. The molecule has 1 unspecified atom stereocenters. The third-order valence-corrected chi connectivity index (χ3v) is 3.76. The molecule has 1 aliphatic heterocycles. The summed E-state index contributed by atoms with van der Waals surface area (Å²) in [7, 11) is 0. The minimum atomic E-state index is -0.384. The molecule has 0 bridgehead atoms. The fourth-order valence-electron chi connectivity index (χ4n) is 2.61. The van der Waals surface area contributed by atoms with Crippen molar-refractivity contribution in [2.24, 2.45) is 11.8 Å². The fraction of sp³-hybridized carbons (Fsp3) is 0.933. The minimum Gasteiger partial charge on any atom is -0.444 e. The van der Waals surface area contributed by atoms with Gasteiger partial charge in [-0.25, -0.2) is 4.79 Å². The van der Waals surface area contributed by atoms with Crippen LogP contribution < -0.4 is 0 Å². The lowest BCUT2D eigenvalue weighted by Gasteiger charge is -2.24. The smallest absolute Gasteiger partial charge is 0.410 e. The maximum Gasteiger partial charge on any atom is 0.410 e. The predicted octanol–water partition coefficient (Wildman–Crippen LogP) is 4.07. The van der Waals surface area contributed by atoms with Crippen LogP contribution in [0.3, 0.4) is 0 Å². The lowest BCUT2D eigenvalue weighted by molar-refractivity contribution is 0.0286. The number of hydrogen-bond donors (Lipinski definition) is 0. The van der Waals surface area contributed by atoms with E-state index in [0.29, 0.717) is 5.92 Å². The molecule has 0 aromatic heterocycles. The Labute approximate surface area is 112 Å². The van der Waals surface area contributed by atoms with Gasteiger partial charge < -0.3 is 9.64 Å². The van der Waals surface area contributed by atoms with Crippen molar-refractivity contribution in [3.05, 3.63) is 0 Å². The lowest BCUT2D eigenvalue weighted by atomic mass is 9.90. The van der Waals surface area contributed by atoms with Crippen LogP contribution in [0.4, 0.5) is 4.79 Å². The molecule has 1 fully saturated rings. The van der Waals surface area contributed by atoms with Crippen LogP contribution in [-0.2, 0) is 4.74 Å². The van der Waals surface area contributed by atoms with E-state index in [2.05, 4.69) is 13.8 Å². The Balaban J connectivity index is 2.39. The molecule has 0 saturated carbocycles. The van der Waals surface area contributed by atoms with Crippen LogP contribution >= 0.6 is 0 Å². The molecular formula is C15H29NO2. The highest BCUT2D eigenvalue weighted by molar-refractivity contribution is 5.68. The van der Waals surface area contributed by atoms with E-state index in [1.165, 1.54) is 19.3 Å². The zero-order chi connectivity index (χ0) is 13.8. The summed E-state index contributed by atoms with van der Waals surface area (Å²) in [5.74, 6) is 1.48. The van der Waals surface area contributed by atoms with Crippen LogP contribution in [0.1, 0.15) is 60.3 Å². The largest absolute Gasteiger partial charge is 0.444 e. The third-order valence-electron chi connectivity index (χ3n) is 3.76. The molecule has 3 nitrogen and oxygen atoms in total. The first kappa shape index (κ1) is 15.3. The number of ether oxygens (including phenoxy) is 1. The minimum absolute atomic E-state index is 0.144. The Morgan fingerprint density at radius 2 is 1.94 bits per heavy atom. The van der Waals surface area contributed by atoms with Crippen molar-refractivity contribution in [3.63, 3.8) is 0 Å². The number of amides is 1. The monoisotopic (exact) mass is 255 g/mol. The van der Waals surface area contributed by atoms with Gasteiger partial charge in [0.1, 0.15) is 5.60 Å². The summed E-state index contributed by atoms with van der Waals surface area (Å²) in [6.45, 7) is 12.0. The maximum absolute atomic E-state index is 11.9. The summed E-state index contributed by atoms with van der Waals surface area (Å²) >= 11 is 0. The average Bonchev–Trinajstić information content (AvgIpc) is 2.72. The van der Waals surface area contributed by atoms with Gasteiger partial charge in [0.25, 0.3) is 0 Å². The number of carbonyl (C=O) groups excluding carboxylic acids is 1. The third kappa shape index (κ3) is 4.87. The van der Waals surface area contributed by atoms with E-state index in [4.69, 9.17) is 4.74 Å². The normalized spacial score (nSPS) is 20.6. The topological polar surface area (TPSA) is 29.5 Å². The Morgan fingerprint density at radius 1 is 1.33 bits per heavy atom. The SMILES string of the molecule is CCC(CC)CC1CCN(C(=O)OC(C)(C)C)C1. The van der Waals surface area contributed by atoms with Gasteiger partial charge >= 0.3 is 6.09 Å². The van der Waals surface area contributed by atoms with Crippen LogP contribution in [0, 0.1) is 11.8 Å². The second-order valence-electron chi connectivity index (χ2n) is 6.50. The molecule has 0 N–H and O–H groups in total. The average molecular weight is 255 g/mol. The van der Waals surface area contributed by atoms with Crippen molar-refractivity contribution < 1.29 is 9.53 Å². The molecule has 0 aliphatic carbocycles. The van der Waals surface area contributed by atoms with Gasteiger partial charge in [-0.2, -0.15) is 0 Å². The van der Waals surface area contributed by atoms with Crippen molar-refractivity contribution in [1.82, 2.24) is 4.90 Å². The molecule has 1 aliphatic rings. The molecule has 1 saturated heterocycles. The van der Waals surface area contributed by atoms with Crippen molar-refractivity contribution in [1.29, 1.82) is 0 Å². The highest BCUT2D eigenvalue weighted by Gasteiger charge is 2.30. The fourth-order valence-corrected chi connectivity index (χ4v) is 2.61. The van der Waals surface area contributed by atoms with Crippen LogP contribution in [0.15, 0.2) is 0 Å².